The molecule has 0 spiro atoms. The molecule has 212 valence electrons. The highest BCUT2D eigenvalue weighted by atomic mass is 32.1. The lowest BCUT2D eigenvalue weighted by atomic mass is 9.89. The Hall–Kier alpha value is -4.83. The number of amides is 1. The minimum Gasteiger partial charge on any atom is -0.481 e. The zero-order chi connectivity index (χ0) is 29.6. The van der Waals surface area contributed by atoms with Crippen LogP contribution in [0, 0.1) is 5.92 Å². The number of Topliss-reactive ketones (excluding diaryl/α,β-unsaturated/α-hetero) is 1. The molecule has 10 N–H and O–H groups in total. The molecule has 0 aliphatic rings. The Kier molecular flexibility index (Phi) is 9.52. The Morgan fingerprint density at radius 3 is 2.33 bits per heavy atom. The number of nitrogens with one attached hydrogen (secondary N) is 3. The number of aliphatic carboxylic acids is 3. The second kappa shape index (κ2) is 12.8. The summed E-state index contributed by atoms with van der Waals surface area (Å²) in [5.41, 5.74) is 12.0. The van der Waals surface area contributed by atoms with Crippen LogP contribution in [0.2, 0.25) is 0 Å². The third kappa shape index (κ3) is 7.39. The average Bonchev–Trinajstić information content (AvgIpc) is 3.30. The standard InChI is InChI=1S/C24H26N6O9S/c25-14(23(38)39)7-13(22(36)37)18(33)15(5-6-16(31)32)28-19(34)10-1-3-12(4-2-10)27-8-11-9-40-21-17(11)20(35)29-24(26)30-21/h1-4,9,13-15,27H,5-8,25H2,(H,28,34)(H,31,32)(H,36,37)(H,38,39)(H3,26,29,30,35)/t13?,14-,15-/m0/s1. The maximum absolute atomic E-state index is 12.9. The molecule has 0 saturated heterocycles. The molecule has 15 nitrogen and oxygen atoms in total. The van der Waals surface area contributed by atoms with Crippen molar-refractivity contribution in [3.8, 4) is 0 Å². The second-order valence-corrected chi connectivity index (χ2v) is 9.61. The number of ketones is 1. The van der Waals surface area contributed by atoms with Crippen LogP contribution >= 0.6 is 11.3 Å². The molecule has 3 atom stereocenters. The van der Waals surface area contributed by atoms with Crippen LogP contribution in [-0.2, 0) is 25.7 Å². The van der Waals surface area contributed by atoms with Gasteiger partial charge in [0.1, 0.15) is 16.8 Å². The van der Waals surface area contributed by atoms with Crippen molar-refractivity contribution in [1.82, 2.24) is 15.3 Å². The number of carbonyl (C=O) groups is 5. The van der Waals surface area contributed by atoms with Crippen molar-refractivity contribution in [2.45, 2.75) is 37.9 Å². The molecule has 0 fully saturated rings. The van der Waals surface area contributed by atoms with Crippen LogP contribution in [0.25, 0.3) is 10.2 Å². The molecule has 3 aromatic rings. The van der Waals surface area contributed by atoms with Crippen LogP contribution in [-0.4, -0.2) is 67.0 Å². The van der Waals surface area contributed by atoms with Gasteiger partial charge in [-0.25, -0.2) is 4.98 Å². The molecule has 0 aliphatic carbocycles. The zero-order valence-electron chi connectivity index (χ0n) is 20.7. The van der Waals surface area contributed by atoms with Gasteiger partial charge in [0, 0.05) is 24.2 Å². The van der Waals surface area contributed by atoms with E-state index in [2.05, 4.69) is 20.6 Å². The first-order chi connectivity index (χ1) is 18.9. The number of thiophene rings is 1. The van der Waals surface area contributed by atoms with Gasteiger partial charge in [-0.15, -0.1) is 11.3 Å². The number of rotatable bonds is 14. The maximum atomic E-state index is 12.9. The number of hydrogen-bond acceptors (Lipinski definition) is 11. The molecule has 3 rings (SSSR count). The average molecular weight is 575 g/mol. The fraction of sp³-hybridized carbons (Fsp3) is 0.292. The molecule has 0 bridgehead atoms. The fourth-order valence-electron chi connectivity index (χ4n) is 3.82. The van der Waals surface area contributed by atoms with E-state index in [1.165, 1.54) is 23.5 Å². The number of nitrogens with two attached hydrogens (primary N) is 2. The summed E-state index contributed by atoms with van der Waals surface area (Å²) < 4.78 is 0. The number of anilines is 2. The van der Waals surface area contributed by atoms with Crippen molar-refractivity contribution in [3.05, 3.63) is 51.1 Å². The van der Waals surface area contributed by atoms with Crippen LogP contribution in [0.1, 0.15) is 35.2 Å². The minimum absolute atomic E-state index is 0.0157. The molecule has 40 heavy (non-hydrogen) atoms. The molecule has 1 unspecified atom stereocenters. The van der Waals surface area contributed by atoms with Gasteiger partial charge in [0.15, 0.2) is 5.78 Å². The van der Waals surface area contributed by atoms with E-state index in [-0.39, 0.29) is 23.6 Å². The van der Waals surface area contributed by atoms with Gasteiger partial charge in [0.05, 0.1) is 11.4 Å². The number of nitrogens with zero attached hydrogens (tertiary/aromatic N) is 1. The minimum atomic E-state index is -1.87. The number of carboxylic acid groups (broad SMARTS) is 3. The smallest absolute Gasteiger partial charge is 0.320 e. The second-order valence-electron chi connectivity index (χ2n) is 8.76. The molecule has 0 saturated carbocycles. The van der Waals surface area contributed by atoms with Gasteiger partial charge >= 0.3 is 17.9 Å². The van der Waals surface area contributed by atoms with E-state index < -0.39 is 66.9 Å². The molecule has 16 heteroatoms. The summed E-state index contributed by atoms with van der Waals surface area (Å²) in [6, 6.07) is 2.80. The molecular weight excluding hydrogens is 548 g/mol. The summed E-state index contributed by atoms with van der Waals surface area (Å²) in [5.74, 6) is -8.14. The topological polar surface area (TPSA) is 268 Å². The summed E-state index contributed by atoms with van der Waals surface area (Å²) >= 11 is 1.26. The Labute approximate surface area is 229 Å². The first kappa shape index (κ1) is 29.7. The molecule has 1 aromatic carbocycles. The van der Waals surface area contributed by atoms with E-state index >= 15 is 0 Å². The molecule has 0 aliphatic heterocycles. The van der Waals surface area contributed by atoms with E-state index in [1.54, 1.807) is 17.5 Å². The van der Waals surface area contributed by atoms with E-state index in [0.29, 0.717) is 21.5 Å². The Morgan fingerprint density at radius 2 is 1.73 bits per heavy atom. The summed E-state index contributed by atoms with van der Waals surface area (Å²) in [7, 11) is 0. The number of aromatic amines is 1. The van der Waals surface area contributed by atoms with Crippen molar-refractivity contribution >= 4 is 62.8 Å². The highest BCUT2D eigenvalue weighted by molar-refractivity contribution is 7.16. The number of H-pyrrole nitrogens is 1. The Morgan fingerprint density at radius 1 is 1.05 bits per heavy atom. The lowest BCUT2D eigenvalue weighted by Gasteiger charge is -2.22. The van der Waals surface area contributed by atoms with Crippen molar-refractivity contribution in [1.29, 1.82) is 0 Å². The summed E-state index contributed by atoms with van der Waals surface area (Å²) in [5, 5.41) is 35.1. The van der Waals surface area contributed by atoms with Gasteiger partial charge in [0.25, 0.3) is 11.5 Å². The number of carboxylic acids is 3. The highest BCUT2D eigenvalue weighted by Crippen LogP contribution is 2.23. The van der Waals surface area contributed by atoms with Gasteiger partial charge in [-0.1, -0.05) is 0 Å². The number of hydrogen-bond donors (Lipinski definition) is 8. The van der Waals surface area contributed by atoms with Gasteiger partial charge in [-0.2, -0.15) is 0 Å². The van der Waals surface area contributed by atoms with Gasteiger partial charge in [-0.3, -0.25) is 33.8 Å². The Bertz CT molecular complexity index is 1500. The summed E-state index contributed by atoms with van der Waals surface area (Å²) in [6.45, 7) is 0.265. The van der Waals surface area contributed by atoms with E-state index in [1.807, 2.05) is 0 Å². The van der Waals surface area contributed by atoms with Gasteiger partial charge in [-0.05, 0) is 48.1 Å². The SMILES string of the molecule is Nc1nc2scc(CNc3ccc(C(=O)N[C@@H](CCC(=O)O)C(=O)C(C[C@H](N)C(=O)O)C(=O)O)cc3)c2c(=O)[nH]1. The molecule has 2 heterocycles. The lowest BCUT2D eigenvalue weighted by Crippen LogP contribution is -2.47. The van der Waals surface area contributed by atoms with Crippen molar-refractivity contribution in [2.24, 2.45) is 11.7 Å². The molecule has 1 amide bonds. The van der Waals surface area contributed by atoms with Crippen molar-refractivity contribution < 1.29 is 39.3 Å². The maximum Gasteiger partial charge on any atom is 0.320 e. The number of aromatic nitrogens is 2. The quantitative estimate of drug-likeness (QED) is 0.120. The normalized spacial score (nSPS) is 13.2. The Balaban J connectivity index is 1.71. The highest BCUT2D eigenvalue weighted by Gasteiger charge is 2.36. The number of benzene rings is 1. The van der Waals surface area contributed by atoms with Crippen molar-refractivity contribution in [2.75, 3.05) is 11.1 Å². The number of nitrogen functional groups attached to an aromatic ring is 1. The predicted molar refractivity (Wildman–Crippen MR) is 143 cm³/mol. The zero-order valence-corrected chi connectivity index (χ0v) is 21.6. The third-order valence-electron chi connectivity index (χ3n) is 5.91. The third-order valence-corrected chi connectivity index (χ3v) is 6.83. The largest absolute Gasteiger partial charge is 0.481 e. The number of fused-ring (bicyclic) bond motifs is 1. The summed E-state index contributed by atoms with van der Waals surface area (Å²) in [6.07, 6.45) is -1.71. The molecule has 2 aromatic heterocycles. The van der Waals surface area contributed by atoms with E-state index in [0.717, 1.165) is 0 Å². The summed E-state index contributed by atoms with van der Waals surface area (Å²) in [4.78, 5) is 78.8. The van der Waals surface area contributed by atoms with Crippen LogP contribution in [0.3, 0.4) is 0 Å². The number of carbonyl (C=O) groups excluding carboxylic acids is 2. The van der Waals surface area contributed by atoms with Crippen molar-refractivity contribution in [3.63, 3.8) is 0 Å². The van der Waals surface area contributed by atoms with Crippen LogP contribution in [0.4, 0.5) is 11.6 Å². The van der Waals surface area contributed by atoms with Crippen LogP contribution in [0.15, 0.2) is 34.4 Å². The first-order valence-corrected chi connectivity index (χ1v) is 12.6. The van der Waals surface area contributed by atoms with Crippen LogP contribution < -0.4 is 27.7 Å². The van der Waals surface area contributed by atoms with E-state index in [9.17, 15) is 33.9 Å². The fourth-order valence-corrected chi connectivity index (χ4v) is 4.77. The molecular formula is C24H26N6O9S. The van der Waals surface area contributed by atoms with Gasteiger partial charge in [0.2, 0.25) is 5.95 Å². The molecule has 0 radical (unpaired) electrons. The van der Waals surface area contributed by atoms with Crippen LogP contribution in [0.5, 0.6) is 0 Å². The van der Waals surface area contributed by atoms with E-state index in [4.69, 9.17) is 21.7 Å². The van der Waals surface area contributed by atoms with Gasteiger partial charge < -0.3 is 37.4 Å². The monoisotopic (exact) mass is 574 g/mol. The predicted octanol–water partition coefficient (Wildman–Crippen LogP) is 0.214. The lowest BCUT2D eigenvalue weighted by molar-refractivity contribution is -0.148. The first-order valence-electron chi connectivity index (χ1n) is 11.7.